The molecule has 4 aromatic rings. The van der Waals surface area contributed by atoms with Gasteiger partial charge in [-0.2, -0.15) is 0 Å². The van der Waals surface area contributed by atoms with Gasteiger partial charge in [-0.3, -0.25) is 14.7 Å². The van der Waals surface area contributed by atoms with Crippen LogP contribution in [0.1, 0.15) is 9.67 Å². The predicted octanol–water partition coefficient (Wildman–Crippen LogP) is 3.10. The van der Waals surface area contributed by atoms with Gasteiger partial charge in [-0.15, -0.1) is 11.3 Å². The smallest absolute Gasteiger partial charge is 0.326 e. The largest absolute Gasteiger partial charge is 0.397 e. The molecule has 0 saturated heterocycles. The summed E-state index contributed by atoms with van der Waals surface area (Å²) >= 11 is 1.13. The Labute approximate surface area is 175 Å². The first-order chi connectivity index (χ1) is 14.5. The summed E-state index contributed by atoms with van der Waals surface area (Å²) in [6, 6.07) is 10.4. The summed E-state index contributed by atoms with van der Waals surface area (Å²) in [7, 11) is 1.66. The Kier molecular flexibility index (Phi) is 4.98. The van der Waals surface area contributed by atoms with Crippen molar-refractivity contribution in [3.63, 3.8) is 0 Å². The third-order valence-electron chi connectivity index (χ3n) is 4.47. The molecule has 3 amide bonds. The molecule has 30 heavy (non-hydrogen) atoms. The topological polar surface area (TPSA) is 140 Å². The number of hydrogen-bond donors (Lipinski definition) is 3. The second kappa shape index (κ2) is 7.76. The number of aromatic nitrogens is 3. The normalized spacial score (nSPS) is 10.7. The number of carbonyl (C=O) groups excluding carboxylic acids is 2. The fraction of sp³-hybridized carbons (Fsp3) is 0.0500. The Morgan fingerprint density at radius 3 is 2.73 bits per heavy atom. The lowest BCUT2D eigenvalue weighted by molar-refractivity contribution is 0.100. The van der Waals surface area contributed by atoms with Crippen molar-refractivity contribution in [1.29, 1.82) is 0 Å². The lowest BCUT2D eigenvalue weighted by Crippen LogP contribution is -2.31. The average molecular weight is 419 g/mol. The number of anilines is 3. The number of benzene rings is 1. The van der Waals surface area contributed by atoms with E-state index in [1.807, 2.05) is 18.2 Å². The monoisotopic (exact) mass is 419 g/mol. The van der Waals surface area contributed by atoms with Crippen LogP contribution in [0.2, 0.25) is 0 Å². The van der Waals surface area contributed by atoms with E-state index < -0.39 is 5.91 Å². The van der Waals surface area contributed by atoms with E-state index in [4.69, 9.17) is 11.5 Å². The number of carbonyl (C=O) groups is 2. The molecule has 0 spiro atoms. The number of rotatable bonds is 4. The molecule has 1 aromatic carbocycles. The van der Waals surface area contributed by atoms with Crippen molar-refractivity contribution in [3.8, 4) is 11.3 Å². The minimum Gasteiger partial charge on any atom is -0.397 e. The highest BCUT2D eigenvalue weighted by Crippen LogP contribution is 2.38. The number of pyridine rings is 1. The Bertz CT molecular complexity index is 1260. The zero-order valence-electron chi connectivity index (χ0n) is 15.9. The summed E-state index contributed by atoms with van der Waals surface area (Å²) in [5.74, 6) is -0.609. The molecule has 5 N–H and O–H groups in total. The maximum atomic E-state index is 12.6. The highest BCUT2D eigenvalue weighted by atomic mass is 32.1. The molecule has 0 aliphatic heterocycles. The third-order valence-corrected chi connectivity index (χ3v) is 5.60. The SMILES string of the molecule is CN(C(=O)Nc1cccnc1)c1cccc(-c2ncnc3sc(C(N)=O)c(N)c23)c1. The van der Waals surface area contributed by atoms with Gasteiger partial charge in [0.2, 0.25) is 0 Å². The Morgan fingerprint density at radius 1 is 1.17 bits per heavy atom. The van der Waals surface area contributed by atoms with E-state index in [0.717, 1.165) is 16.9 Å². The van der Waals surface area contributed by atoms with Gasteiger partial charge in [-0.25, -0.2) is 14.8 Å². The van der Waals surface area contributed by atoms with Crippen LogP contribution >= 0.6 is 11.3 Å². The lowest BCUT2D eigenvalue weighted by Gasteiger charge is -2.19. The summed E-state index contributed by atoms with van der Waals surface area (Å²) < 4.78 is 0. The van der Waals surface area contributed by atoms with Crippen LogP contribution in [-0.2, 0) is 0 Å². The number of hydrogen-bond acceptors (Lipinski definition) is 7. The molecule has 3 heterocycles. The molecule has 0 saturated carbocycles. The molecule has 0 fully saturated rings. The van der Waals surface area contributed by atoms with Gasteiger partial charge in [0.15, 0.2) is 0 Å². The van der Waals surface area contributed by atoms with Crippen LogP contribution in [0.25, 0.3) is 21.5 Å². The number of nitrogens with one attached hydrogen (secondary N) is 1. The van der Waals surface area contributed by atoms with Crippen molar-refractivity contribution in [3.05, 3.63) is 60.0 Å². The van der Waals surface area contributed by atoms with Crippen LogP contribution < -0.4 is 21.7 Å². The molecule has 0 aliphatic carbocycles. The summed E-state index contributed by atoms with van der Waals surface area (Å²) in [5, 5.41) is 3.35. The van der Waals surface area contributed by atoms with Gasteiger partial charge in [0.1, 0.15) is 16.0 Å². The van der Waals surface area contributed by atoms with Crippen LogP contribution in [0.3, 0.4) is 0 Å². The van der Waals surface area contributed by atoms with E-state index in [2.05, 4.69) is 20.3 Å². The molecule has 9 nitrogen and oxygen atoms in total. The predicted molar refractivity (Wildman–Crippen MR) is 117 cm³/mol. The van der Waals surface area contributed by atoms with Gasteiger partial charge < -0.3 is 16.8 Å². The summed E-state index contributed by atoms with van der Waals surface area (Å²) in [4.78, 5) is 39.1. The Balaban J connectivity index is 1.70. The quantitative estimate of drug-likeness (QED) is 0.464. The number of nitrogens with zero attached hydrogens (tertiary/aromatic N) is 4. The Hall–Kier alpha value is -4.05. The number of fused-ring (bicyclic) bond motifs is 1. The average Bonchev–Trinajstić information content (AvgIpc) is 3.11. The minimum absolute atomic E-state index is 0.246. The molecule has 0 aliphatic rings. The van der Waals surface area contributed by atoms with E-state index in [-0.39, 0.29) is 16.6 Å². The lowest BCUT2D eigenvalue weighted by atomic mass is 10.1. The maximum Gasteiger partial charge on any atom is 0.326 e. The summed E-state index contributed by atoms with van der Waals surface area (Å²) in [6.07, 6.45) is 4.60. The van der Waals surface area contributed by atoms with Crippen molar-refractivity contribution >= 4 is 50.6 Å². The van der Waals surface area contributed by atoms with Crippen LogP contribution in [0.15, 0.2) is 55.1 Å². The van der Waals surface area contributed by atoms with Gasteiger partial charge in [0.25, 0.3) is 5.91 Å². The molecule has 0 radical (unpaired) electrons. The van der Waals surface area contributed by atoms with Crippen molar-refractivity contribution in [1.82, 2.24) is 15.0 Å². The molecule has 4 rings (SSSR count). The van der Waals surface area contributed by atoms with E-state index in [1.54, 1.807) is 37.6 Å². The number of nitrogens with two attached hydrogens (primary N) is 2. The van der Waals surface area contributed by atoms with Crippen LogP contribution in [0.5, 0.6) is 0 Å². The van der Waals surface area contributed by atoms with Crippen LogP contribution in [0, 0.1) is 0 Å². The Morgan fingerprint density at radius 2 is 2.00 bits per heavy atom. The summed E-state index contributed by atoms with van der Waals surface area (Å²) in [6.45, 7) is 0. The fourth-order valence-electron chi connectivity index (χ4n) is 2.98. The third kappa shape index (κ3) is 3.51. The molecule has 3 aromatic heterocycles. The molecular weight excluding hydrogens is 402 g/mol. The van der Waals surface area contributed by atoms with Gasteiger partial charge in [0.05, 0.1) is 28.7 Å². The minimum atomic E-state index is -0.609. The number of urea groups is 1. The molecule has 150 valence electrons. The first kappa shape index (κ1) is 19.3. The molecule has 10 heteroatoms. The zero-order valence-corrected chi connectivity index (χ0v) is 16.7. The van der Waals surface area contributed by atoms with Crippen molar-refractivity contribution in [2.24, 2.45) is 5.73 Å². The van der Waals surface area contributed by atoms with E-state index in [0.29, 0.717) is 27.3 Å². The van der Waals surface area contributed by atoms with Gasteiger partial charge in [-0.05, 0) is 24.3 Å². The number of thiophene rings is 1. The van der Waals surface area contributed by atoms with Gasteiger partial charge in [-0.1, -0.05) is 12.1 Å². The highest BCUT2D eigenvalue weighted by molar-refractivity contribution is 7.21. The highest BCUT2D eigenvalue weighted by Gasteiger charge is 2.20. The molecule has 0 unspecified atom stereocenters. The zero-order chi connectivity index (χ0) is 21.3. The molecule has 0 atom stereocenters. The second-order valence-corrected chi connectivity index (χ2v) is 7.39. The first-order valence-corrected chi connectivity index (χ1v) is 9.65. The molecular formula is C20H17N7O2S. The van der Waals surface area contributed by atoms with E-state index in [1.165, 1.54) is 11.2 Å². The van der Waals surface area contributed by atoms with Crippen molar-refractivity contribution in [2.45, 2.75) is 0 Å². The van der Waals surface area contributed by atoms with Gasteiger partial charge in [0, 0.05) is 24.5 Å². The van der Waals surface area contributed by atoms with E-state index in [9.17, 15) is 9.59 Å². The number of nitrogen functional groups attached to an aromatic ring is 1. The van der Waals surface area contributed by atoms with Crippen molar-refractivity contribution < 1.29 is 9.59 Å². The van der Waals surface area contributed by atoms with Crippen LogP contribution in [-0.4, -0.2) is 33.9 Å². The summed E-state index contributed by atoms with van der Waals surface area (Å²) in [5.41, 5.74) is 14.3. The molecule has 0 bridgehead atoms. The maximum absolute atomic E-state index is 12.6. The number of amides is 3. The number of primary amides is 1. The van der Waals surface area contributed by atoms with E-state index >= 15 is 0 Å². The fourth-order valence-corrected chi connectivity index (χ4v) is 3.89. The van der Waals surface area contributed by atoms with Crippen molar-refractivity contribution in [2.75, 3.05) is 23.0 Å². The second-order valence-electron chi connectivity index (χ2n) is 6.39. The van der Waals surface area contributed by atoms with Crippen LogP contribution in [0.4, 0.5) is 21.9 Å². The van der Waals surface area contributed by atoms with Gasteiger partial charge >= 0.3 is 6.03 Å². The first-order valence-electron chi connectivity index (χ1n) is 8.83. The standard InChI is InChI=1S/C20H17N7O2S/c1-27(20(29)26-12-5-3-7-23-9-12)13-6-2-4-11(8-13)16-14-15(21)17(18(22)28)30-19(14)25-10-24-16/h2-10H,21H2,1H3,(H2,22,28)(H,26,29).